The van der Waals surface area contributed by atoms with Gasteiger partial charge in [-0.15, -0.1) is 5.10 Å². The molecule has 0 unspecified atom stereocenters. The van der Waals surface area contributed by atoms with Gasteiger partial charge >= 0.3 is 0 Å². The van der Waals surface area contributed by atoms with Crippen LogP contribution in [0.1, 0.15) is 31.2 Å². The van der Waals surface area contributed by atoms with E-state index in [1.165, 1.54) is 4.68 Å². The van der Waals surface area contributed by atoms with Crippen LogP contribution in [0.25, 0.3) is 5.69 Å². The van der Waals surface area contributed by atoms with Crippen molar-refractivity contribution in [2.45, 2.75) is 26.4 Å². The Labute approximate surface area is 115 Å². The standard InChI is InChI=1S/C12H13Cl2N3O/c1-7(2)11-10(6-18)17(16-15-11)12-8(13)4-3-5-9(12)14/h3-5,7,18H,6H2,1-2H3. The molecule has 4 nitrogen and oxygen atoms in total. The minimum Gasteiger partial charge on any atom is -0.390 e. The van der Waals surface area contributed by atoms with Crippen LogP contribution in [0.5, 0.6) is 0 Å². The van der Waals surface area contributed by atoms with Gasteiger partial charge in [0.2, 0.25) is 0 Å². The second kappa shape index (κ2) is 5.26. The maximum atomic E-state index is 9.49. The Bertz CT molecular complexity index is 546. The minimum absolute atomic E-state index is 0.165. The summed E-state index contributed by atoms with van der Waals surface area (Å²) in [5, 5.41) is 18.6. The van der Waals surface area contributed by atoms with Gasteiger partial charge in [0.05, 0.1) is 28.0 Å². The van der Waals surface area contributed by atoms with Gasteiger partial charge < -0.3 is 5.11 Å². The lowest BCUT2D eigenvalue weighted by molar-refractivity contribution is 0.271. The lowest BCUT2D eigenvalue weighted by Gasteiger charge is -2.10. The third kappa shape index (κ3) is 2.23. The van der Waals surface area contributed by atoms with Gasteiger partial charge in [-0.2, -0.15) is 0 Å². The smallest absolute Gasteiger partial charge is 0.104 e. The number of rotatable bonds is 3. The molecule has 0 aliphatic heterocycles. The van der Waals surface area contributed by atoms with Gasteiger partial charge in [-0.3, -0.25) is 0 Å². The molecular weight excluding hydrogens is 273 g/mol. The van der Waals surface area contributed by atoms with Crippen LogP contribution in [0, 0.1) is 0 Å². The first-order valence-electron chi connectivity index (χ1n) is 5.56. The molecule has 0 fully saturated rings. The number of hydrogen-bond acceptors (Lipinski definition) is 3. The normalized spacial score (nSPS) is 11.2. The van der Waals surface area contributed by atoms with E-state index >= 15 is 0 Å². The van der Waals surface area contributed by atoms with E-state index in [-0.39, 0.29) is 12.5 Å². The maximum absolute atomic E-state index is 9.49. The van der Waals surface area contributed by atoms with Gasteiger partial charge in [-0.1, -0.05) is 48.3 Å². The predicted octanol–water partition coefficient (Wildman–Crippen LogP) is 3.19. The molecule has 0 amide bonds. The Morgan fingerprint density at radius 3 is 2.39 bits per heavy atom. The van der Waals surface area contributed by atoms with E-state index in [1.807, 2.05) is 13.8 Å². The first-order chi connectivity index (χ1) is 8.56. The number of para-hydroxylation sites is 1. The molecule has 0 spiro atoms. The number of hydrogen-bond donors (Lipinski definition) is 1. The Morgan fingerprint density at radius 2 is 1.89 bits per heavy atom. The van der Waals surface area contributed by atoms with E-state index in [0.717, 1.165) is 5.69 Å². The summed E-state index contributed by atoms with van der Waals surface area (Å²) in [6, 6.07) is 5.20. The van der Waals surface area contributed by atoms with Gasteiger partial charge in [-0.05, 0) is 18.1 Å². The molecular formula is C12H13Cl2N3O. The average Bonchev–Trinajstić information content (AvgIpc) is 2.72. The van der Waals surface area contributed by atoms with Crippen LogP contribution >= 0.6 is 23.2 Å². The zero-order valence-corrected chi connectivity index (χ0v) is 11.6. The molecule has 1 aromatic heterocycles. The van der Waals surface area contributed by atoms with Crippen LogP contribution in [0.3, 0.4) is 0 Å². The monoisotopic (exact) mass is 285 g/mol. The number of aliphatic hydroxyl groups is 1. The summed E-state index contributed by atoms with van der Waals surface area (Å²) in [4.78, 5) is 0. The highest BCUT2D eigenvalue weighted by atomic mass is 35.5. The van der Waals surface area contributed by atoms with Crippen LogP contribution in [-0.4, -0.2) is 20.1 Å². The van der Waals surface area contributed by atoms with Gasteiger partial charge in [0.15, 0.2) is 0 Å². The fourth-order valence-electron chi connectivity index (χ4n) is 1.78. The largest absolute Gasteiger partial charge is 0.390 e. The van der Waals surface area contributed by atoms with E-state index in [9.17, 15) is 5.11 Å². The van der Waals surface area contributed by atoms with Gasteiger partial charge in [0.25, 0.3) is 0 Å². The van der Waals surface area contributed by atoms with Gasteiger partial charge in [0.1, 0.15) is 5.69 Å². The minimum atomic E-state index is -0.165. The first-order valence-corrected chi connectivity index (χ1v) is 6.31. The zero-order valence-electron chi connectivity index (χ0n) is 10.1. The van der Waals surface area contributed by atoms with Crippen molar-refractivity contribution in [2.24, 2.45) is 0 Å². The molecule has 0 atom stereocenters. The Morgan fingerprint density at radius 1 is 1.28 bits per heavy atom. The van der Waals surface area contributed by atoms with Gasteiger partial charge in [0, 0.05) is 0 Å². The van der Waals surface area contributed by atoms with Crippen LogP contribution < -0.4 is 0 Å². The third-order valence-electron chi connectivity index (χ3n) is 2.64. The molecule has 0 saturated carbocycles. The molecule has 2 rings (SSSR count). The Kier molecular flexibility index (Phi) is 3.90. The third-order valence-corrected chi connectivity index (χ3v) is 3.25. The average molecular weight is 286 g/mol. The summed E-state index contributed by atoms with van der Waals surface area (Å²) in [5.74, 6) is 0.169. The SMILES string of the molecule is CC(C)c1nnn(-c2c(Cl)cccc2Cl)c1CO. The molecule has 0 aliphatic carbocycles. The molecule has 0 aliphatic rings. The van der Waals surface area contributed by atoms with Crippen molar-refractivity contribution in [2.75, 3.05) is 0 Å². The molecule has 96 valence electrons. The fraction of sp³-hybridized carbons (Fsp3) is 0.333. The lowest BCUT2D eigenvalue weighted by Crippen LogP contribution is -2.05. The van der Waals surface area contributed by atoms with Crippen LogP contribution in [0.2, 0.25) is 10.0 Å². The van der Waals surface area contributed by atoms with Crippen molar-refractivity contribution in [3.8, 4) is 5.69 Å². The second-order valence-electron chi connectivity index (χ2n) is 4.22. The van der Waals surface area contributed by atoms with Crippen LogP contribution in [0.15, 0.2) is 18.2 Å². The first kappa shape index (κ1) is 13.3. The van der Waals surface area contributed by atoms with E-state index in [4.69, 9.17) is 23.2 Å². The van der Waals surface area contributed by atoms with E-state index in [0.29, 0.717) is 21.4 Å². The molecule has 1 heterocycles. The van der Waals surface area contributed by atoms with Crippen molar-refractivity contribution in [3.05, 3.63) is 39.6 Å². The van der Waals surface area contributed by atoms with E-state index < -0.39 is 0 Å². The summed E-state index contributed by atoms with van der Waals surface area (Å²) in [6.45, 7) is 3.81. The Hall–Kier alpha value is -1.10. The van der Waals surface area contributed by atoms with Gasteiger partial charge in [-0.25, -0.2) is 4.68 Å². The van der Waals surface area contributed by atoms with Crippen molar-refractivity contribution in [1.82, 2.24) is 15.0 Å². The molecule has 2 aromatic rings. The zero-order chi connectivity index (χ0) is 13.3. The van der Waals surface area contributed by atoms with E-state index in [2.05, 4.69) is 10.3 Å². The summed E-state index contributed by atoms with van der Waals surface area (Å²) in [6.07, 6.45) is 0. The number of aromatic nitrogens is 3. The second-order valence-corrected chi connectivity index (χ2v) is 5.03. The van der Waals surface area contributed by atoms with Crippen LogP contribution in [-0.2, 0) is 6.61 Å². The van der Waals surface area contributed by atoms with Crippen molar-refractivity contribution < 1.29 is 5.11 Å². The highest BCUT2D eigenvalue weighted by molar-refractivity contribution is 6.37. The predicted molar refractivity (Wildman–Crippen MR) is 71.4 cm³/mol. The molecule has 1 N–H and O–H groups in total. The molecule has 6 heteroatoms. The number of nitrogens with zero attached hydrogens (tertiary/aromatic N) is 3. The molecule has 1 aromatic carbocycles. The number of halogens is 2. The lowest BCUT2D eigenvalue weighted by atomic mass is 10.1. The van der Waals surface area contributed by atoms with Crippen molar-refractivity contribution in [3.63, 3.8) is 0 Å². The highest BCUT2D eigenvalue weighted by Gasteiger charge is 2.19. The molecule has 0 bridgehead atoms. The summed E-state index contributed by atoms with van der Waals surface area (Å²) in [5.41, 5.74) is 1.90. The molecule has 18 heavy (non-hydrogen) atoms. The number of aliphatic hydroxyl groups excluding tert-OH is 1. The highest BCUT2D eigenvalue weighted by Crippen LogP contribution is 2.30. The van der Waals surface area contributed by atoms with Crippen molar-refractivity contribution in [1.29, 1.82) is 0 Å². The number of benzene rings is 1. The Balaban J connectivity index is 2.65. The summed E-state index contributed by atoms with van der Waals surface area (Å²) >= 11 is 12.3. The summed E-state index contributed by atoms with van der Waals surface area (Å²) in [7, 11) is 0. The molecule has 0 saturated heterocycles. The molecule has 0 radical (unpaired) electrons. The summed E-state index contributed by atoms with van der Waals surface area (Å²) < 4.78 is 1.50. The maximum Gasteiger partial charge on any atom is 0.104 e. The van der Waals surface area contributed by atoms with Crippen molar-refractivity contribution >= 4 is 23.2 Å². The quantitative estimate of drug-likeness (QED) is 0.942. The topological polar surface area (TPSA) is 50.9 Å². The van der Waals surface area contributed by atoms with Crippen LogP contribution in [0.4, 0.5) is 0 Å². The van der Waals surface area contributed by atoms with E-state index in [1.54, 1.807) is 18.2 Å². The fourth-order valence-corrected chi connectivity index (χ4v) is 2.34.